The normalized spacial score (nSPS) is 18.7. The number of nitrogens with two attached hydrogens (primary N) is 1. The van der Waals surface area contributed by atoms with Crippen molar-refractivity contribution >= 4 is 17.9 Å². The highest BCUT2D eigenvalue weighted by Gasteiger charge is 2.49. The number of hydrogen-bond acceptors (Lipinski definition) is 5. The Morgan fingerprint density at radius 2 is 1.58 bits per heavy atom. The number of likely N-dealkylation sites (tertiary alicyclic amines) is 1. The van der Waals surface area contributed by atoms with Crippen molar-refractivity contribution < 1.29 is 19.1 Å². The molecule has 1 aromatic carbocycles. The molecule has 1 heterocycles. The zero-order valence-electron chi connectivity index (χ0n) is 15.5. The van der Waals surface area contributed by atoms with Crippen LogP contribution >= 0.6 is 0 Å². The molecule has 142 valence electrons. The van der Waals surface area contributed by atoms with Crippen LogP contribution in [0.4, 0.5) is 4.79 Å². The average molecular weight is 362 g/mol. The van der Waals surface area contributed by atoms with Crippen LogP contribution < -0.4 is 21.3 Å². The molecule has 0 unspecified atom stereocenters. The minimum Gasteiger partial charge on any atom is -0.410 e. The van der Waals surface area contributed by atoms with Gasteiger partial charge in [-0.3, -0.25) is 19.9 Å². The summed E-state index contributed by atoms with van der Waals surface area (Å²) in [5.74, 6) is 3.78. The van der Waals surface area contributed by atoms with E-state index in [1.807, 2.05) is 39.2 Å². The van der Waals surface area contributed by atoms with E-state index in [0.29, 0.717) is 18.6 Å². The number of hydrazine groups is 1. The number of piperidine rings is 1. The summed E-state index contributed by atoms with van der Waals surface area (Å²) in [6.45, 7) is 7.62. The number of carbonyl (C=O) groups excluding carboxylic acids is 3. The zero-order chi connectivity index (χ0) is 19.5. The lowest BCUT2D eigenvalue weighted by molar-refractivity contribution is -0.140. The van der Waals surface area contributed by atoms with Gasteiger partial charge in [0.2, 0.25) is 0 Å². The second-order valence-electron chi connectivity index (χ2n) is 7.69. The predicted octanol–water partition coefficient (Wildman–Crippen LogP) is 1.31. The Morgan fingerprint density at radius 3 is 2.08 bits per heavy atom. The molecule has 0 radical (unpaired) electrons. The minimum absolute atomic E-state index is 0.273. The van der Waals surface area contributed by atoms with Gasteiger partial charge >= 0.3 is 17.9 Å². The van der Waals surface area contributed by atoms with Crippen molar-refractivity contribution in [3.05, 3.63) is 30.3 Å². The molecule has 0 aliphatic carbocycles. The quantitative estimate of drug-likeness (QED) is 0.318. The van der Waals surface area contributed by atoms with E-state index in [0.717, 1.165) is 0 Å². The summed E-state index contributed by atoms with van der Waals surface area (Å²) in [4.78, 5) is 37.7. The first-order valence-corrected chi connectivity index (χ1v) is 8.45. The van der Waals surface area contributed by atoms with Gasteiger partial charge in [-0.25, -0.2) is 10.6 Å². The molecule has 8 nitrogen and oxygen atoms in total. The van der Waals surface area contributed by atoms with Crippen LogP contribution in [0.1, 0.15) is 40.5 Å². The smallest absolute Gasteiger partial charge is 0.410 e. The molecule has 0 saturated carbocycles. The fourth-order valence-corrected chi connectivity index (χ4v) is 3.83. The molecule has 3 amide bonds. The molecule has 1 aromatic rings. The number of carbonyl (C=O) groups is 3. The summed E-state index contributed by atoms with van der Waals surface area (Å²) in [7, 11) is 0. The van der Waals surface area contributed by atoms with Gasteiger partial charge in [-0.2, -0.15) is 0 Å². The van der Waals surface area contributed by atoms with Crippen LogP contribution in [-0.2, 0) is 9.59 Å². The summed E-state index contributed by atoms with van der Waals surface area (Å²) in [6.07, 6.45) is 0.504. The lowest BCUT2D eigenvalue weighted by Gasteiger charge is -2.54. The van der Waals surface area contributed by atoms with E-state index >= 15 is 0 Å². The molecule has 1 fully saturated rings. The van der Waals surface area contributed by atoms with E-state index in [1.165, 1.54) is 0 Å². The Bertz CT molecular complexity index is 670. The first kappa shape index (κ1) is 19.7. The van der Waals surface area contributed by atoms with Gasteiger partial charge in [-0.1, -0.05) is 18.2 Å². The van der Waals surface area contributed by atoms with E-state index in [9.17, 15) is 14.4 Å². The van der Waals surface area contributed by atoms with Crippen LogP contribution in [0.3, 0.4) is 0 Å². The molecular formula is C18H26N4O4. The van der Waals surface area contributed by atoms with Crippen molar-refractivity contribution in [3.63, 3.8) is 0 Å². The molecule has 1 saturated heterocycles. The highest BCUT2D eigenvalue weighted by molar-refractivity contribution is 6.34. The maximum atomic E-state index is 12.8. The van der Waals surface area contributed by atoms with Crippen LogP contribution in [0, 0.1) is 0 Å². The van der Waals surface area contributed by atoms with Crippen molar-refractivity contribution in [1.29, 1.82) is 0 Å². The average Bonchev–Trinajstić information content (AvgIpc) is 2.52. The predicted molar refractivity (Wildman–Crippen MR) is 96.0 cm³/mol. The number of amides is 3. The maximum absolute atomic E-state index is 12.8. The first-order chi connectivity index (χ1) is 12.1. The fraction of sp³-hybridized carbons (Fsp3) is 0.500. The maximum Gasteiger partial charge on any atom is 0.416 e. The molecular weight excluding hydrogens is 336 g/mol. The molecule has 0 aromatic heterocycles. The Morgan fingerprint density at radius 1 is 1.04 bits per heavy atom. The van der Waals surface area contributed by atoms with Gasteiger partial charge in [0.1, 0.15) is 5.75 Å². The lowest BCUT2D eigenvalue weighted by atomic mass is 9.77. The van der Waals surface area contributed by atoms with Crippen molar-refractivity contribution in [1.82, 2.24) is 15.6 Å². The second kappa shape index (κ2) is 7.33. The Labute approximate surface area is 153 Å². The van der Waals surface area contributed by atoms with Crippen molar-refractivity contribution in [2.75, 3.05) is 0 Å². The van der Waals surface area contributed by atoms with E-state index in [4.69, 9.17) is 10.6 Å². The second-order valence-corrected chi connectivity index (χ2v) is 7.69. The molecule has 0 atom stereocenters. The van der Waals surface area contributed by atoms with Gasteiger partial charge in [0.15, 0.2) is 0 Å². The van der Waals surface area contributed by atoms with E-state index in [1.54, 1.807) is 29.2 Å². The van der Waals surface area contributed by atoms with Gasteiger partial charge < -0.3 is 10.1 Å². The van der Waals surface area contributed by atoms with Crippen LogP contribution in [0.15, 0.2) is 30.3 Å². The summed E-state index contributed by atoms with van der Waals surface area (Å²) in [5, 5.41) is 2.68. The van der Waals surface area contributed by atoms with E-state index in [-0.39, 0.29) is 6.04 Å². The summed E-state index contributed by atoms with van der Waals surface area (Å²) < 4.78 is 5.52. The van der Waals surface area contributed by atoms with Gasteiger partial charge in [0.25, 0.3) is 0 Å². The highest BCUT2D eigenvalue weighted by Crippen LogP contribution is 2.39. The minimum atomic E-state index is -0.897. The van der Waals surface area contributed by atoms with Gasteiger partial charge in [0, 0.05) is 17.1 Å². The number of benzene rings is 1. The molecule has 4 N–H and O–H groups in total. The van der Waals surface area contributed by atoms with Crippen LogP contribution in [0.5, 0.6) is 5.75 Å². The Hall–Kier alpha value is -2.61. The highest BCUT2D eigenvalue weighted by atomic mass is 16.6. The largest absolute Gasteiger partial charge is 0.416 e. The number of nitrogens with zero attached hydrogens (tertiary/aromatic N) is 1. The Kier molecular flexibility index (Phi) is 5.56. The lowest BCUT2D eigenvalue weighted by Crippen LogP contribution is -2.67. The fourth-order valence-electron chi connectivity index (χ4n) is 3.83. The Balaban J connectivity index is 2.15. The molecule has 8 heteroatoms. The molecule has 0 bridgehead atoms. The number of nitrogens with one attached hydrogen (secondary N) is 2. The van der Waals surface area contributed by atoms with E-state index < -0.39 is 29.0 Å². The van der Waals surface area contributed by atoms with Crippen LogP contribution in [0.2, 0.25) is 0 Å². The third-order valence-electron chi connectivity index (χ3n) is 4.51. The zero-order valence-corrected chi connectivity index (χ0v) is 15.5. The molecule has 2 rings (SSSR count). The van der Waals surface area contributed by atoms with Crippen LogP contribution in [-0.4, -0.2) is 39.9 Å². The summed E-state index contributed by atoms with van der Waals surface area (Å²) >= 11 is 0. The number of para-hydroxylation sites is 1. The standard InChI is InChI=1S/C18H26N4O4/c1-17(2)10-12(20-14(23)15(24)21-19)11-18(3,4)22(17)16(25)26-13-8-6-5-7-9-13/h5-9,12H,10-11,19H2,1-4H3,(H,20,23)(H,21,24). The molecule has 0 spiro atoms. The van der Waals surface area contributed by atoms with Crippen molar-refractivity contribution in [2.24, 2.45) is 5.84 Å². The topological polar surface area (TPSA) is 114 Å². The third-order valence-corrected chi connectivity index (χ3v) is 4.51. The number of ether oxygens (including phenoxy) is 1. The molecule has 26 heavy (non-hydrogen) atoms. The third kappa shape index (κ3) is 4.32. The molecule has 1 aliphatic rings. The number of rotatable bonds is 2. The van der Waals surface area contributed by atoms with Gasteiger partial charge in [0.05, 0.1) is 0 Å². The summed E-state index contributed by atoms with van der Waals surface area (Å²) in [5.41, 5.74) is 0.630. The number of hydrogen-bond donors (Lipinski definition) is 3. The molecule has 1 aliphatic heterocycles. The van der Waals surface area contributed by atoms with Crippen molar-refractivity contribution in [3.8, 4) is 5.75 Å². The first-order valence-electron chi connectivity index (χ1n) is 8.45. The summed E-state index contributed by atoms with van der Waals surface area (Å²) in [6, 6.07) is 8.60. The SMILES string of the molecule is CC1(C)CC(NC(=O)C(=O)NN)CC(C)(C)N1C(=O)Oc1ccccc1. The monoisotopic (exact) mass is 362 g/mol. The van der Waals surface area contributed by atoms with Gasteiger partial charge in [-0.15, -0.1) is 0 Å². The van der Waals surface area contributed by atoms with Gasteiger partial charge in [-0.05, 0) is 52.7 Å². The van der Waals surface area contributed by atoms with Crippen LogP contribution in [0.25, 0.3) is 0 Å². The van der Waals surface area contributed by atoms with E-state index in [2.05, 4.69) is 5.32 Å². The van der Waals surface area contributed by atoms with Crippen molar-refractivity contribution in [2.45, 2.75) is 57.7 Å².